The summed E-state index contributed by atoms with van der Waals surface area (Å²) in [5.41, 5.74) is 12.3. The average Bonchev–Trinajstić information content (AvgIpc) is 2.49. The molecule has 0 aromatic heterocycles. The van der Waals surface area contributed by atoms with Crippen LogP contribution in [0.25, 0.3) is 0 Å². The van der Waals surface area contributed by atoms with E-state index in [0.29, 0.717) is 29.0 Å². The standard InChI is InChI=1S/C16H23ClN2O2/c17-15-7-11(16(19)20)5-6-14(15)10-21-9-13-4-2-1-3-12(13)8-18/h5-7,12-13H,1-4,8-10,18H2,(H2,19,20). The minimum Gasteiger partial charge on any atom is -0.376 e. The van der Waals surface area contributed by atoms with Crippen LogP contribution >= 0.6 is 11.6 Å². The molecule has 21 heavy (non-hydrogen) atoms. The molecule has 0 heterocycles. The number of carbonyl (C=O) groups excluding carboxylic acids is 1. The molecule has 0 aliphatic heterocycles. The van der Waals surface area contributed by atoms with Gasteiger partial charge in [-0.05, 0) is 48.9 Å². The van der Waals surface area contributed by atoms with Crippen LogP contribution in [0.4, 0.5) is 0 Å². The second-order valence-electron chi connectivity index (χ2n) is 5.73. The number of hydrogen-bond acceptors (Lipinski definition) is 3. The quantitative estimate of drug-likeness (QED) is 0.848. The first kappa shape index (κ1) is 16.3. The summed E-state index contributed by atoms with van der Waals surface area (Å²) in [6.07, 6.45) is 4.94. The zero-order valence-electron chi connectivity index (χ0n) is 12.2. The zero-order chi connectivity index (χ0) is 15.2. The van der Waals surface area contributed by atoms with Crippen molar-refractivity contribution >= 4 is 17.5 Å². The lowest BCUT2D eigenvalue weighted by Gasteiger charge is -2.30. The fourth-order valence-electron chi connectivity index (χ4n) is 2.95. The van der Waals surface area contributed by atoms with Gasteiger partial charge < -0.3 is 16.2 Å². The Hall–Kier alpha value is -1.10. The minimum atomic E-state index is -0.475. The van der Waals surface area contributed by atoms with E-state index < -0.39 is 5.91 Å². The smallest absolute Gasteiger partial charge is 0.248 e. The Morgan fingerprint density at radius 1 is 1.29 bits per heavy atom. The van der Waals surface area contributed by atoms with Crippen LogP contribution in [-0.4, -0.2) is 19.1 Å². The van der Waals surface area contributed by atoms with Crippen LogP contribution in [0.15, 0.2) is 18.2 Å². The van der Waals surface area contributed by atoms with Gasteiger partial charge in [0.25, 0.3) is 0 Å². The minimum absolute atomic E-state index is 0.416. The number of ether oxygens (including phenoxy) is 1. The lowest BCUT2D eigenvalue weighted by Crippen LogP contribution is -2.29. The molecule has 4 nitrogen and oxygen atoms in total. The highest BCUT2D eigenvalue weighted by Crippen LogP contribution is 2.30. The Balaban J connectivity index is 1.87. The molecule has 0 radical (unpaired) electrons. The topological polar surface area (TPSA) is 78.3 Å². The van der Waals surface area contributed by atoms with Crippen LogP contribution in [0.2, 0.25) is 5.02 Å². The first-order chi connectivity index (χ1) is 10.1. The predicted octanol–water partition coefficient (Wildman–Crippen LogP) is 2.72. The Kier molecular flexibility index (Phi) is 6.03. The summed E-state index contributed by atoms with van der Waals surface area (Å²) < 4.78 is 5.82. The number of rotatable bonds is 6. The molecule has 1 amide bonds. The average molecular weight is 311 g/mol. The molecule has 2 atom stereocenters. The maximum absolute atomic E-state index is 11.1. The third-order valence-corrected chi connectivity index (χ3v) is 4.65. The first-order valence-corrected chi connectivity index (χ1v) is 7.85. The summed E-state index contributed by atoms with van der Waals surface area (Å²) in [4.78, 5) is 11.1. The lowest BCUT2D eigenvalue weighted by molar-refractivity contribution is 0.0512. The molecule has 1 saturated carbocycles. The van der Waals surface area contributed by atoms with Gasteiger partial charge in [-0.25, -0.2) is 0 Å². The highest BCUT2D eigenvalue weighted by atomic mass is 35.5. The summed E-state index contributed by atoms with van der Waals surface area (Å²) in [6.45, 7) is 1.91. The van der Waals surface area contributed by atoms with E-state index in [1.54, 1.807) is 18.2 Å². The molecule has 1 aliphatic rings. The van der Waals surface area contributed by atoms with Gasteiger partial charge in [-0.1, -0.05) is 30.5 Å². The SMILES string of the molecule is NCC1CCCCC1COCc1ccc(C(N)=O)cc1Cl. The number of hydrogen-bond donors (Lipinski definition) is 2. The van der Waals surface area contributed by atoms with Crippen LogP contribution in [0, 0.1) is 11.8 Å². The van der Waals surface area contributed by atoms with E-state index in [9.17, 15) is 4.79 Å². The van der Waals surface area contributed by atoms with E-state index >= 15 is 0 Å². The number of amides is 1. The third kappa shape index (κ3) is 4.43. The monoisotopic (exact) mass is 310 g/mol. The molecule has 2 unspecified atom stereocenters. The Morgan fingerprint density at radius 3 is 2.62 bits per heavy atom. The van der Waals surface area contributed by atoms with E-state index in [2.05, 4.69) is 0 Å². The molecule has 0 saturated heterocycles. The summed E-state index contributed by atoms with van der Waals surface area (Å²) >= 11 is 6.14. The number of benzene rings is 1. The molecule has 5 heteroatoms. The second kappa shape index (κ2) is 7.78. The Labute approximate surface area is 130 Å². The lowest BCUT2D eigenvalue weighted by atomic mass is 9.80. The first-order valence-electron chi connectivity index (χ1n) is 7.48. The highest BCUT2D eigenvalue weighted by molar-refractivity contribution is 6.31. The van der Waals surface area contributed by atoms with Crippen molar-refractivity contribution in [3.8, 4) is 0 Å². The molecular formula is C16H23ClN2O2. The van der Waals surface area contributed by atoms with Crippen LogP contribution in [-0.2, 0) is 11.3 Å². The number of nitrogens with two attached hydrogens (primary N) is 2. The fourth-order valence-corrected chi connectivity index (χ4v) is 3.19. The van der Waals surface area contributed by atoms with Crippen molar-refractivity contribution in [1.29, 1.82) is 0 Å². The summed E-state index contributed by atoms with van der Waals surface area (Å²) in [5.74, 6) is 0.649. The van der Waals surface area contributed by atoms with Crippen molar-refractivity contribution in [2.75, 3.05) is 13.2 Å². The molecule has 2 rings (SSSR count). The van der Waals surface area contributed by atoms with Crippen LogP contribution in [0.1, 0.15) is 41.6 Å². The highest BCUT2D eigenvalue weighted by Gasteiger charge is 2.23. The van der Waals surface area contributed by atoms with Gasteiger partial charge in [0.05, 0.1) is 13.2 Å². The maximum atomic E-state index is 11.1. The summed E-state index contributed by atoms with van der Waals surface area (Å²) in [7, 11) is 0. The number of carbonyl (C=O) groups is 1. The van der Waals surface area contributed by atoms with Gasteiger partial charge in [-0.3, -0.25) is 4.79 Å². The Bertz CT molecular complexity index is 493. The molecule has 1 fully saturated rings. The molecule has 4 N–H and O–H groups in total. The van der Waals surface area contributed by atoms with Crippen molar-refractivity contribution in [1.82, 2.24) is 0 Å². The Morgan fingerprint density at radius 2 is 2.00 bits per heavy atom. The van der Waals surface area contributed by atoms with Gasteiger partial charge in [0.15, 0.2) is 0 Å². The maximum Gasteiger partial charge on any atom is 0.248 e. The van der Waals surface area contributed by atoms with Crippen molar-refractivity contribution < 1.29 is 9.53 Å². The van der Waals surface area contributed by atoms with Crippen LogP contribution < -0.4 is 11.5 Å². The van der Waals surface area contributed by atoms with E-state index in [1.807, 2.05) is 0 Å². The van der Waals surface area contributed by atoms with Crippen molar-refractivity contribution in [3.63, 3.8) is 0 Å². The van der Waals surface area contributed by atoms with Crippen molar-refractivity contribution in [2.24, 2.45) is 23.3 Å². The fraction of sp³-hybridized carbons (Fsp3) is 0.562. The van der Waals surface area contributed by atoms with Crippen molar-refractivity contribution in [3.05, 3.63) is 34.3 Å². The van der Waals surface area contributed by atoms with E-state index in [4.69, 9.17) is 27.8 Å². The summed E-state index contributed by atoms with van der Waals surface area (Å²) in [6, 6.07) is 5.06. The van der Waals surface area contributed by atoms with Crippen molar-refractivity contribution in [2.45, 2.75) is 32.3 Å². The third-order valence-electron chi connectivity index (χ3n) is 4.30. The zero-order valence-corrected chi connectivity index (χ0v) is 12.9. The van der Waals surface area contributed by atoms with Gasteiger partial charge in [0.1, 0.15) is 0 Å². The molecule has 0 bridgehead atoms. The van der Waals surface area contributed by atoms with E-state index in [-0.39, 0.29) is 0 Å². The van der Waals surface area contributed by atoms with Gasteiger partial charge in [0, 0.05) is 10.6 Å². The second-order valence-corrected chi connectivity index (χ2v) is 6.13. The van der Waals surface area contributed by atoms with E-state index in [0.717, 1.165) is 18.7 Å². The molecule has 1 aromatic rings. The van der Waals surface area contributed by atoms with Crippen LogP contribution in [0.5, 0.6) is 0 Å². The number of primary amides is 1. The normalized spacial score (nSPS) is 22.2. The van der Waals surface area contributed by atoms with Gasteiger partial charge >= 0.3 is 0 Å². The van der Waals surface area contributed by atoms with Gasteiger partial charge in [0.2, 0.25) is 5.91 Å². The molecule has 1 aromatic carbocycles. The predicted molar refractivity (Wildman–Crippen MR) is 84.1 cm³/mol. The largest absolute Gasteiger partial charge is 0.376 e. The molecule has 116 valence electrons. The van der Waals surface area contributed by atoms with Crippen LogP contribution in [0.3, 0.4) is 0 Å². The van der Waals surface area contributed by atoms with E-state index in [1.165, 1.54) is 25.7 Å². The van der Waals surface area contributed by atoms with Gasteiger partial charge in [-0.2, -0.15) is 0 Å². The number of halogens is 1. The molecule has 0 spiro atoms. The molecule has 1 aliphatic carbocycles. The molecular weight excluding hydrogens is 288 g/mol. The van der Waals surface area contributed by atoms with Gasteiger partial charge in [-0.15, -0.1) is 0 Å². The summed E-state index contributed by atoms with van der Waals surface area (Å²) in [5, 5.41) is 0.519.